The highest BCUT2D eigenvalue weighted by molar-refractivity contribution is 4.73. The van der Waals surface area contributed by atoms with E-state index in [4.69, 9.17) is 9.84 Å². The van der Waals surface area contributed by atoms with E-state index in [1.807, 2.05) is 0 Å². The maximum absolute atomic E-state index is 9.01. The molecule has 0 aromatic heterocycles. The lowest BCUT2D eigenvalue weighted by atomic mass is 9.88. The van der Waals surface area contributed by atoms with Gasteiger partial charge in [-0.2, -0.15) is 0 Å². The Labute approximate surface area is 87.7 Å². The maximum Gasteiger partial charge on any atom is 0.0579 e. The standard InChI is InChI=1S/C12H24O2/c1-3-11(4-2)14-12-7-5-10(9-13)6-8-12/h10-13H,3-9H2,1-2H3. The van der Waals surface area contributed by atoms with Gasteiger partial charge in [0.25, 0.3) is 0 Å². The Hall–Kier alpha value is -0.0800. The molecular weight excluding hydrogens is 176 g/mol. The second-order valence-electron chi connectivity index (χ2n) is 4.40. The van der Waals surface area contributed by atoms with Gasteiger partial charge in [-0.1, -0.05) is 13.8 Å². The minimum atomic E-state index is 0.359. The van der Waals surface area contributed by atoms with E-state index in [2.05, 4.69) is 13.8 Å². The van der Waals surface area contributed by atoms with E-state index in [1.54, 1.807) is 0 Å². The smallest absolute Gasteiger partial charge is 0.0579 e. The normalized spacial score (nSPS) is 28.3. The van der Waals surface area contributed by atoms with E-state index in [0.717, 1.165) is 38.5 Å². The molecule has 2 heteroatoms. The van der Waals surface area contributed by atoms with Crippen LogP contribution in [0.1, 0.15) is 52.4 Å². The second-order valence-corrected chi connectivity index (χ2v) is 4.40. The van der Waals surface area contributed by atoms with Crippen LogP contribution in [0.15, 0.2) is 0 Å². The highest BCUT2D eigenvalue weighted by Gasteiger charge is 2.22. The molecule has 0 aliphatic heterocycles. The second kappa shape index (κ2) is 6.41. The van der Waals surface area contributed by atoms with Crippen molar-refractivity contribution in [3.05, 3.63) is 0 Å². The Morgan fingerprint density at radius 3 is 2.14 bits per heavy atom. The van der Waals surface area contributed by atoms with Gasteiger partial charge in [0, 0.05) is 6.61 Å². The fourth-order valence-corrected chi connectivity index (χ4v) is 2.20. The molecule has 0 aromatic carbocycles. The fraction of sp³-hybridized carbons (Fsp3) is 1.00. The molecule has 0 atom stereocenters. The van der Waals surface area contributed by atoms with Crippen LogP contribution in [0.25, 0.3) is 0 Å². The van der Waals surface area contributed by atoms with Crippen molar-refractivity contribution < 1.29 is 9.84 Å². The summed E-state index contributed by atoms with van der Waals surface area (Å²) < 4.78 is 6.00. The van der Waals surface area contributed by atoms with Gasteiger partial charge in [-0.25, -0.2) is 0 Å². The molecule has 0 heterocycles. The van der Waals surface area contributed by atoms with Crippen molar-refractivity contribution in [2.45, 2.75) is 64.6 Å². The predicted molar refractivity (Wildman–Crippen MR) is 58.3 cm³/mol. The molecular formula is C12H24O2. The first-order valence-electron chi connectivity index (χ1n) is 6.06. The zero-order chi connectivity index (χ0) is 10.4. The maximum atomic E-state index is 9.01. The largest absolute Gasteiger partial charge is 0.396 e. The summed E-state index contributed by atoms with van der Waals surface area (Å²) in [6.07, 6.45) is 7.72. The summed E-state index contributed by atoms with van der Waals surface area (Å²) in [4.78, 5) is 0. The average Bonchev–Trinajstić information content (AvgIpc) is 2.26. The summed E-state index contributed by atoms with van der Waals surface area (Å²) in [5.41, 5.74) is 0. The molecule has 1 aliphatic rings. The number of aliphatic hydroxyl groups excluding tert-OH is 1. The van der Waals surface area contributed by atoms with Crippen molar-refractivity contribution in [2.24, 2.45) is 5.92 Å². The molecule has 84 valence electrons. The lowest BCUT2D eigenvalue weighted by Gasteiger charge is -2.30. The predicted octanol–water partition coefficient (Wildman–Crippen LogP) is 2.74. The van der Waals surface area contributed by atoms with E-state index in [1.165, 1.54) is 0 Å². The number of aliphatic hydroxyl groups is 1. The van der Waals surface area contributed by atoms with Gasteiger partial charge in [-0.15, -0.1) is 0 Å². The molecule has 1 rings (SSSR count). The van der Waals surface area contributed by atoms with Crippen LogP contribution in [0, 0.1) is 5.92 Å². The quantitative estimate of drug-likeness (QED) is 0.739. The Balaban J connectivity index is 2.21. The lowest BCUT2D eigenvalue weighted by molar-refractivity contribution is -0.0424. The van der Waals surface area contributed by atoms with E-state index in [-0.39, 0.29) is 0 Å². The molecule has 0 saturated heterocycles. The molecule has 1 N–H and O–H groups in total. The third-order valence-electron chi connectivity index (χ3n) is 3.35. The summed E-state index contributed by atoms with van der Waals surface area (Å²) >= 11 is 0. The summed E-state index contributed by atoms with van der Waals surface area (Å²) in [5, 5.41) is 9.01. The minimum Gasteiger partial charge on any atom is -0.396 e. The third-order valence-corrected chi connectivity index (χ3v) is 3.35. The van der Waals surface area contributed by atoms with E-state index < -0.39 is 0 Å². The monoisotopic (exact) mass is 200 g/mol. The number of rotatable bonds is 5. The van der Waals surface area contributed by atoms with Crippen LogP contribution in [0.4, 0.5) is 0 Å². The Morgan fingerprint density at radius 2 is 1.71 bits per heavy atom. The lowest BCUT2D eigenvalue weighted by Crippen LogP contribution is -2.27. The first-order valence-corrected chi connectivity index (χ1v) is 6.06. The molecule has 14 heavy (non-hydrogen) atoms. The van der Waals surface area contributed by atoms with Crippen LogP contribution < -0.4 is 0 Å². The van der Waals surface area contributed by atoms with Gasteiger partial charge in [0.05, 0.1) is 12.2 Å². The van der Waals surface area contributed by atoms with Crippen LogP contribution in [-0.2, 0) is 4.74 Å². The fourth-order valence-electron chi connectivity index (χ4n) is 2.20. The molecule has 0 radical (unpaired) electrons. The highest BCUT2D eigenvalue weighted by atomic mass is 16.5. The first-order chi connectivity index (χ1) is 6.80. The van der Waals surface area contributed by atoms with Crippen molar-refractivity contribution in [2.75, 3.05) is 6.61 Å². The van der Waals surface area contributed by atoms with Gasteiger partial charge in [-0.3, -0.25) is 0 Å². The Kier molecular flexibility index (Phi) is 5.49. The summed E-state index contributed by atoms with van der Waals surface area (Å²) in [6, 6.07) is 0. The minimum absolute atomic E-state index is 0.359. The Morgan fingerprint density at radius 1 is 1.14 bits per heavy atom. The topological polar surface area (TPSA) is 29.5 Å². The van der Waals surface area contributed by atoms with Gasteiger partial charge in [0.15, 0.2) is 0 Å². The summed E-state index contributed by atoms with van der Waals surface area (Å²) in [7, 11) is 0. The van der Waals surface area contributed by atoms with E-state index in [9.17, 15) is 0 Å². The molecule has 0 amide bonds. The number of hydrogen-bond acceptors (Lipinski definition) is 2. The zero-order valence-corrected chi connectivity index (χ0v) is 9.54. The van der Waals surface area contributed by atoms with Crippen LogP contribution in [0.3, 0.4) is 0 Å². The zero-order valence-electron chi connectivity index (χ0n) is 9.54. The molecule has 1 aliphatic carbocycles. The van der Waals surface area contributed by atoms with Crippen LogP contribution >= 0.6 is 0 Å². The van der Waals surface area contributed by atoms with Gasteiger partial charge in [0.1, 0.15) is 0 Å². The Bertz CT molecular complexity index is 135. The van der Waals surface area contributed by atoms with Gasteiger partial charge in [0.2, 0.25) is 0 Å². The number of ether oxygens (including phenoxy) is 1. The summed E-state index contributed by atoms with van der Waals surface area (Å²) in [5.74, 6) is 0.538. The molecule has 0 aromatic rings. The van der Waals surface area contributed by atoms with Crippen molar-refractivity contribution in [1.29, 1.82) is 0 Å². The molecule has 0 unspecified atom stereocenters. The SMILES string of the molecule is CCC(CC)OC1CCC(CO)CC1. The average molecular weight is 200 g/mol. The molecule has 2 nitrogen and oxygen atoms in total. The molecule has 0 bridgehead atoms. The highest BCUT2D eigenvalue weighted by Crippen LogP contribution is 2.27. The summed E-state index contributed by atoms with van der Waals surface area (Å²) in [6.45, 7) is 4.73. The van der Waals surface area contributed by atoms with Gasteiger partial charge < -0.3 is 9.84 Å². The first kappa shape index (κ1) is 12.0. The third kappa shape index (κ3) is 3.58. The number of hydrogen-bond donors (Lipinski definition) is 1. The van der Waals surface area contributed by atoms with Crippen molar-refractivity contribution in [1.82, 2.24) is 0 Å². The molecule has 0 spiro atoms. The van der Waals surface area contributed by atoms with Crippen molar-refractivity contribution in [3.8, 4) is 0 Å². The van der Waals surface area contributed by atoms with Crippen molar-refractivity contribution in [3.63, 3.8) is 0 Å². The van der Waals surface area contributed by atoms with Crippen LogP contribution in [0.5, 0.6) is 0 Å². The van der Waals surface area contributed by atoms with Crippen molar-refractivity contribution >= 4 is 0 Å². The van der Waals surface area contributed by atoms with Gasteiger partial charge >= 0.3 is 0 Å². The van der Waals surface area contributed by atoms with Crippen LogP contribution in [0.2, 0.25) is 0 Å². The van der Waals surface area contributed by atoms with E-state index in [0.29, 0.717) is 24.7 Å². The van der Waals surface area contributed by atoms with E-state index >= 15 is 0 Å². The van der Waals surface area contributed by atoms with Gasteiger partial charge in [-0.05, 0) is 44.4 Å². The molecule has 1 saturated carbocycles. The van der Waals surface area contributed by atoms with Crippen LogP contribution in [-0.4, -0.2) is 23.9 Å². The molecule has 1 fully saturated rings.